The Morgan fingerprint density at radius 1 is 0.760 bits per heavy atom. The van der Waals surface area contributed by atoms with E-state index in [-0.39, 0.29) is 11.9 Å². The summed E-state index contributed by atoms with van der Waals surface area (Å²) in [6.45, 7) is 6.65. The van der Waals surface area contributed by atoms with E-state index in [1.165, 1.54) is 38.5 Å². The Morgan fingerprint density at radius 2 is 1.28 bits per heavy atom. The number of hydrogen-bond acceptors (Lipinski definition) is 2. The highest BCUT2D eigenvalue weighted by molar-refractivity contribution is 5.78. The van der Waals surface area contributed by atoms with Crippen molar-refractivity contribution in [2.75, 3.05) is 0 Å². The van der Waals surface area contributed by atoms with Gasteiger partial charge in [0.2, 0.25) is 0 Å². The number of guanidine groups is 2. The van der Waals surface area contributed by atoms with Gasteiger partial charge in [-0.2, -0.15) is 0 Å². The van der Waals surface area contributed by atoms with Crippen molar-refractivity contribution in [1.29, 1.82) is 0 Å². The Labute approximate surface area is 154 Å². The van der Waals surface area contributed by atoms with Gasteiger partial charge in [0.1, 0.15) is 0 Å². The van der Waals surface area contributed by atoms with Crippen LogP contribution < -0.4 is 22.9 Å². The molecule has 0 bridgehead atoms. The van der Waals surface area contributed by atoms with Crippen molar-refractivity contribution in [3.8, 4) is 0 Å². The van der Waals surface area contributed by atoms with E-state index in [4.69, 9.17) is 22.9 Å². The Hall–Kier alpha value is -1.46. The number of aliphatic imine (C=N–C) groups is 2. The van der Waals surface area contributed by atoms with Crippen molar-refractivity contribution in [3.63, 3.8) is 0 Å². The van der Waals surface area contributed by atoms with E-state index in [9.17, 15) is 0 Å². The van der Waals surface area contributed by atoms with Crippen molar-refractivity contribution < 1.29 is 0 Å². The van der Waals surface area contributed by atoms with Gasteiger partial charge < -0.3 is 22.9 Å². The van der Waals surface area contributed by atoms with Crippen LogP contribution in [-0.2, 0) is 0 Å². The minimum absolute atomic E-state index is 0.0568. The van der Waals surface area contributed by atoms with Gasteiger partial charge in [-0.25, -0.2) is 9.98 Å². The Bertz CT molecular complexity index is 365. The predicted molar refractivity (Wildman–Crippen MR) is 110 cm³/mol. The number of nitrogens with zero attached hydrogens (tertiary/aromatic N) is 2. The number of rotatable bonds is 15. The summed E-state index contributed by atoms with van der Waals surface area (Å²) in [5.41, 5.74) is 22.2. The van der Waals surface area contributed by atoms with Crippen LogP contribution in [0, 0.1) is 5.92 Å². The molecule has 0 aromatic heterocycles. The van der Waals surface area contributed by atoms with Crippen LogP contribution >= 0.6 is 0 Å². The lowest BCUT2D eigenvalue weighted by Gasteiger charge is -2.30. The highest BCUT2D eigenvalue weighted by atomic mass is 15.2. The Balaban J connectivity index is 5.10. The lowest BCUT2D eigenvalue weighted by Crippen LogP contribution is -2.38. The van der Waals surface area contributed by atoms with Gasteiger partial charge in [0, 0.05) is 0 Å². The van der Waals surface area contributed by atoms with Crippen LogP contribution in [0.3, 0.4) is 0 Å². The molecule has 0 fully saturated rings. The van der Waals surface area contributed by atoms with Crippen molar-refractivity contribution in [1.82, 2.24) is 0 Å². The molecule has 8 N–H and O–H groups in total. The molecule has 0 aliphatic heterocycles. The molecule has 0 heterocycles. The number of unbranched alkanes of at least 4 members (excludes halogenated alkanes) is 6. The molecule has 0 aromatic carbocycles. The molecule has 6 heteroatoms. The number of nitrogens with two attached hydrogens (primary N) is 4. The second-order valence-corrected chi connectivity index (χ2v) is 7.19. The SMILES string of the molecule is CCCCCCCCC(CC(CC)CCCC)(N=C(N)N)N=C(N)N. The third-order valence-electron chi connectivity index (χ3n) is 4.76. The van der Waals surface area contributed by atoms with Crippen LogP contribution in [0.4, 0.5) is 0 Å². The van der Waals surface area contributed by atoms with E-state index in [0.717, 1.165) is 38.5 Å². The molecule has 0 spiro atoms. The summed E-state index contributed by atoms with van der Waals surface area (Å²) >= 11 is 0. The van der Waals surface area contributed by atoms with E-state index >= 15 is 0 Å². The number of hydrogen-bond donors (Lipinski definition) is 4. The molecule has 0 radical (unpaired) electrons. The van der Waals surface area contributed by atoms with Crippen molar-refractivity contribution in [2.24, 2.45) is 38.8 Å². The standard InChI is InChI=1S/C19H42N6/c1-4-7-9-10-11-12-14-19(24-17(20)21,25-18(22)23)15-16(6-3)13-8-5-2/h16H,4-15H2,1-3H3,(H4,20,21,24)(H4,22,23,25). The van der Waals surface area contributed by atoms with Gasteiger partial charge in [0.25, 0.3) is 0 Å². The Kier molecular flexibility index (Phi) is 13.0. The molecule has 0 saturated carbocycles. The first kappa shape index (κ1) is 23.5. The molecular weight excluding hydrogens is 312 g/mol. The van der Waals surface area contributed by atoms with Crippen molar-refractivity contribution in [3.05, 3.63) is 0 Å². The lowest BCUT2D eigenvalue weighted by atomic mass is 9.86. The van der Waals surface area contributed by atoms with Gasteiger partial charge in [-0.1, -0.05) is 78.6 Å². The van der Waals surface area contributed by atoms with Crippen molar-refractivity contribution in [2.45, 2.75) is 103 Å². The second kappa shape index (κ2) is 13.8. The maximum Gasteiger partial charge on any atom is 0.188 e. The van der Waals surface area contributed by atoms with Crippen LogP contribution in [0.2, 0.25) is 0 Å². The van der Waals surface area contributed by atoms with Crippen LogP contribution in [-0.4, -0.2) is 17.6 Å². The van der Waals surface area contributed by atoms with Gasteiger partial charge in [-0.15, -0.1) is 0 Å². The molecule has 0 aliphatic rings. The van der Waals surface area contributed by atoms with Gasteiger partial charge in [0.15, 0.2) is 17.6 Å². The van der Waals surface area contributed by atoms with Crippen LogP contribution in [0.5, 0.6) is 0 Å². The Morgan fingerprint density at radius 3 is 1.76 bits per heavy atom. The largest absolute Gasteiger partial charge is 0.370 e. The van der Waals surface area contributed by atoms with Crippen LogP contribution in [0.25, 0.3) is 0 Å². The first-order valence-electron chi connectivity index (χ1n) is 10.1. The quantitative estimate of drug-likeness (QED) is 0.203. The molecule has 0 amide bonds. The molecule has 1 atom stereocenters. The summed E-state index contributed by atoms with van der Waals surface area (Å²) < 4.78 is 0. The summed E-state index contributed by atoms with van der Waals surface area (Å²) in [7, 11) is 0. The molecular formula is C19H42N6. The molecule has 0 rings (SSSR count). The molecule has 0 aliphatic carbocycles. The minimum atomic E-state index is -0.711. The van der Waals surface area contributed by atoms with Crippen LogP contribution in [0.1, 0.15) is 97.8 Å². The zero-order valence-corrected chi connectivity index (χ0v) is 16.8. The van der Waals surface area contributed by atoms with Gasteiger partial charge in [-0.05, 0) is 25.2 Å². The monoisotopic (exact) mass is 354 g/mol. The maximum atomic E-state index is 5.72. The molecule has 25 heavy (non-hydrogen) atoms. The average Bonchev–Trinajstić information content (AvgIpc) is 2.53. The predicted octanol–water partition coefficient (Wildman–Crippen LogP) is 3.59. The van der Waals surface area contributed by atoms with Crippen molar-refractivity contribution >= 4 is 11.9 Å². The van der Waals surface area contributed by atoms with E-state index in [1.807, 2.05) is 0 Å². The highest BCUT2D eigenvalue weighted by Crippen LogP contribution is 2.33. The zero-order valence-electron chi connectivity index (χ0n) is 16.8. The highest BCUT2D eigenvalue weighted by Gasteiger charge is 2.32. The topological polar surface area (TPSA) is 129 Å². The maximum absolute atomic E-state index is 5.72. The fourth-order valence-electron chi connectivity index (χ4n) is 3.40. The third kappa shape index (κ3) is 11.7. The first-order chi connectivity index (χ1) is 11.9. The summed E-state index contributed by atoms with van der Waals surface area (Å²) in [5, 5.41) is 0. The zero-order chi connectivity index (χ0) is 19.1. The van der Waals surface area contributed by atoms with E-state index in [1.54, 1.807) is 0 Å². The second-order valence-electron chi connectivity index (χ2n) is 7.19. The summed E-state index contributed by atoms with van der Waals surface area (Å²) in [5.74, 6) is 0.633. The van der Waals surface area contributed by atoms with Gasteiger partial charge >= 0.3 is 0 Å². The third-order valence-corrected chi connectivity index (χ3v) is 4.76. The van der Waals surface area contributed by atoms with E-state index < -0.39 is 5.66 Å². The smallest absolute Gasteiger partial charge is 0.188 e. The lowest BCUT2D eigenvalue weighted by molar-refractivity contribution is 0.280. The van der Waals surface area contributed by atoms with Gasteiger partial charge in [-0.3, -0.25) is 0 Å². The normalized spacial score (nSPS) is 12.6. The average molecular weight is 355 g/mol. The summed E-state index contributed by atoms with van der Waals surface area (Å²) in [4.78, 5) is 9.01. The van der Waals surface area contributed by atoms with Gasteiger partial charge in [0.05, 0.1) is 0 Å². The molecule has 0 aromatic rings. The summed E-state index contributed by atoms with van der Waals surface area (Å²) in [6.07, 6.45) is 13.5. The molecule has 0 saturated heterocycles. The van der Waals surface area contributed by atoms with Crippen LogP contribution in [0.15, 0.2) is 9.98 Å². The fourth-order valence-corrected chi connectivity index (χ4v) is 3.40. The molecule has 6 nitrogen and oxygen atoms in total. The van der Waals surface area contributed by atoms with E-state index in [0.29, 0.717) is 5.92 Å². The first-order valence-corrected chi connectivity index (χ1v) is 10.1. The fraction of sp³-hybridized carbons (Fsp3) is 0.895. The summed E-state index contributed by atoms with van der Waals surface area (Å²) in [6, 6.07) is 0. The molecule has 1 unspecified atom stereocenters. The van der Waals surface area contributed by atoms with E-state index in [2.05, 4.69) is 30.8 Å². The minimum Gasteiger partial charge on any atom is -0.370 e. The molecule has 148 valence electrons.